The first-order valence-electron chi connectivity index (χ1n) is 6.54. The van der Waals surface area contributed by atoms with Crippen molar-refractivity contribution in [3.8, 4) is 0 Å². The molecule has 0 radical (unpaired) electrons. The number of nitrogens with zero attached hydrogens (tertiary/aromatic N) is 2. The lowest BCUT2D eigenvalue weighted by molar-refractivity contribution is 0.514. The van der Waals surface area contributed by atoms with Crippen molar-refractivity contribution < 1.29 is 0 Å². The first kappa shape index (κ1) is 13.3. The fourth-order valence-corrected chi connectivity index (χ4v) is 2.73. The molecule has 0 aromatic carbocycles. The minimum atomic E-state index is 0.478. The maximum Gasteiger partial charge on any atom is 0.122 e. The third kappa shape index (κ3) is 3.68. The van der Waals surface area contributed by atoms with E-state index < -0.39 is 0 Å². The molecule has 0 fully saturated rings. The summed E-state index contributed by atoms with van der Waals surface area (Å²) in [5, 5.41) is 7.90. The van der Waals surface area contributed by atoms with Crippen LogP contribution in [0.4, 0.5) is 0 Å². The number of aromatic nitrogens is 2. The molecule has 3 nitrogen and oxygen atoms in total. The minimum Gasteiger partial charge on any atom is -0.334 e. The Morgan fingerprint density at radius 1 is 1.50 bits per heavy atom. The molecule has 18 heavy (non-hydrogen) atoms. The van der Waals surface area contributed by atoms with E-state index in [1.807, 2.05) is 6.20 Å². The highest BCUT2D eigenvalue weighted by Gasteiger charge is 2.06. The van der Waals surface area contributed by atoms with E-state index in [4.69, 9.17) is 0 Å². The quantitative estimate of drug-likeness (QED) is 0.832. The van der Waals surface area contributed by atoms with Crippen molar-refractivity contribution in [3.63, 3.8) is 0 Å². The van der Waals surface area contributed by atoms with Crippen molar-refractivity contribution in [2.24, 2.45) is 0 Å². The summed E-state index contributed by atoms with van der Waals surface area (Å²) in [6.07, 6.45) is 6.17. The maximum atomic E-state index is 4.41. The van der Waals surface area contributed by atoms with Crippen LogP contribution in [-0.4, -0.2) is 15.6 Å². The third-order valence-electron chi connectivity index (χ3n) is 3.00. The summed E-state index contributed by atoms with van der Waals surface area (Å²) in [6.45, 7) is 6.31. The van der Waals surface area contributed by atoms with Gasteiger partial charge in [-0.3, -0.25) is 0 Å². The third-order valence-corrected chi connectivity index (χ3v) is 3.73. The van der Waals surface area contributed by atoms with E-state index in [1.54, 1.807) is 11.3 Å². The Balaban J connectivity index is 1.81. The fraction of sp³-hybridized carbons (Fsp3) is 0.500. The molecule has 0 bridgehead atoms. The molecular formula is C14H21N3S. The van der Waals surface area contributed by atoms with Crippen molar-refractivity contribution in [1.29, 1.82) is 0 Å². The minimum absolute atomic E-state index is 0.478. The van der Waals surface area contributed by atoms with Crippen LogP contribution in [0.3, 0.4) is 0 Å². The van der Waals surface area contributed by atoms with Gasteiger partial charge < -0.3 is 9.88 Å². The highest BCUT2D eigenvalue weighted by atomic mass is 32.1. The van der Waals surface area contributed by atoms with E-state index in [-0.39, 0.29) is 0 Å². The molecule has 2 rings (SSSR count). The zero-order valence-corrected chi connectivity index (χ0v) is 11.9. The molecule has 98 valence electrons. The summed E-state index contributed by atoms with van der Waals surface area (Å²) < 4.78 is 2.23. The van der Waals surface area contributed by atoms with E-state index in [0.29, 0.717) is 6.04 Å². The second-order valence-corrected chi connectivity index (χ2v) is 5.43. The van der Waals surface area contributed by atoms with Gasteiger partial charge in [0, 0.05) is 25.0 Å². The van der Waals surface area contributed by atoms with Gasteiger partial charge in [0.05, 0.1) is 6.54 Å². The molecule has 0 saturated carbocycles. The van der Waals surface area contributed by atoms with E-state index in [1.165, 1.54) is 5.56 Å². The molecule has 2 aromatic heterocycles. The summed E-state index contributed by atoms with van der Waals surface area (Å²) >= 11 is 1.76. The van der Waals surface area contributed by atoms with Gasteiger partial charge in [-0.05, 0) is 42.2 Å². The van der Waals surface area contributed by atoms with Gasteiger partial charge in [-0.15, -0.1) is 0 Å². The Kier molecular flexibility index (Phi) is 4.96. The molecular weight excluding hydrogens is 242 g/mol. The van der Waals surface area contributed by atoms with Gasteiger partial charge in [-0.2, -0.15) is 11.3 Å². The molecule has 4 heteroatoms. The number of imidazole rings is 1. The normalized spacial score (nSPS) is 12.8. The summed E-state index contributed by atoms with van der Waals surface area (Å²) in [7, 11) is 0. The standard InChI is InChI=1S/C14H21N3S/c1-3-6-17-7-5-15-14(17)10-16-12(2)9-13-4-8-18-11-13/h4-5,7-8,11-12,16H,3,6,9-10H2,1-2H3. The van der Waals surface area contributed by atoms with E-state index >= 15 is 0 Å². The van der Waals surface area contributed by atoms with Crippen molar-refractivity contribution in [1.82, 2.24) is 14.9 Å². The van der Waals surface area contributed by atoms with Crippen LogP contribution in [-0.2, 0) is 19.5 Å². The van der Waals surface area contributed by atoms with Crippen LogP contribution < -0.4 is 5.32 Å². The van der Waals surface area contributed by atoms with Gasteiger partial charge in [0.1, 0.15) is 5.82 Å². The average Bonchev–Trinajstić information content (AvgIpc) is 2.99. The Morgan fingerprint density at radius 3 is 3.11 bits per heavy atom. The molecule has 1 unspecified atom stereocenters. The molecule has 2 heterocycles. The van der Waals surface area contributed by atoms with E-state index in [0.717, 1.165) is 31.8 Å². The van der Waals surface area contributed by atoms with Crippen molar-refractivity contribution in [3.05, 3.63) is 40.6 Å². The van der Waals surface area contributed by atoms with Gasteiger partial charge >= 0.3 is 0 Å². The highest BCUT2D eigenvalue weighted by Crippen LogP contribution is 2.09. The Labute approximate surface area is 113 Å². The summed E-state index contributed by atoms with van der Waals surface area (Å²) in [5.41, 5.74) is 1.41. The predicted molar refractivity (Wildman–Crippen MR) is 76.8 cm³/mol. The van der Waals surface area contributed by atoms with Crippen molar-refractivity contribution in [2.75, 3.05) is 0 Å². The summed E-state index contributed by atoms with van der Waals surface area (Å²) in [6, 6.07) is 2.67. The number of thiophene rings is 1. The van der Waals surface area contributed by atoms with E-state index in [9.17, 15) is 0 Å². The number of aryl methyl sites for hydroxylation is 1. The first-order valence-corrected chi connectivity index (χ1v) is 7.48. The molecule has 0 amide bonds. The Bertz CT molecular complexity index is 447. The number of hydrogen-bond acceptors (Lipinski definition) is 3. The van der Waals surface area contributed by atoms with Gasteiger partial charge in [-0.25, -0.2) is 4.98 Å². The van der Waals surface area contributed by atoms with Crippen LogP contribution in [0.1, 0.15) is 31.7 Å². The fourth-order valence-electron chi connectivity index (χ4n) is 2.05. The topological polar surface area (TPSA) is 29.9 Å². The lowest BCUT2D eigenvalue weighted by Crippen LogP contribution is -2.28. The second kappa shape index (κ2) is 6.71. The van der Waals surface area contributed by atoms with Crippen molar-refractivity contribution >= 4 is 11.3 Å². The lowest BCUT2D eigenvalue weighted by Gasteiger charge is -2.13. The smallest absolute Gasteiger partial charge is 0.122 e. The van der Waals surface area contributed by atoms with Crippen LogP contribution in [0.2, 0.25) is 0 Å². The largest absolute Gasteiger partial charge is 0.334 e. The Hall–Kier alpha value is -1.13. The van der Waals surface area contributed by atoms with Crippen LogP contribution in [0.15, 0.2) is 29.2 Å². The highest BCUT2D eigenvalue weighted by molar-refractivity contribution is 7.07. The second-order valence-electron chi connectivity index (χ2n) is 4.65. The van der Waals surface area contributed by atoms with Gasteiger partial charge in [0.15, 0.2) is 0 Å². The van der Waals surface area contributed by atoms with Crippen LogP contribution in [0, 0.1) is 0 Å². The zero-order valence-electron chi connectivity index (χ0n) is 11.1. The number of hydrogen-bond donors (Lipinski definition) is 1. The molecule has 0 spiro atoms. The summed E-state index contributed by atoms with van der Waals surface area (Å²) in [5.74, 6) is 1.13. The van der Waals surface area contributed by atoms with Gasteiger partial charge in [0.2, 0.25) is 0 Å². The monoisotopic (exact) mass is 263 g/mol. The zero-order chi connectivity index (χ0) is 12.8. The molecule has 0 aliphatic heterocycles. The van der Waals surface area contributed by atoms with Crippen LogP contribution >= 0.6 is 11.3 Å². The molecule has 0 aliphatic rings. The maximum absolute atomic E-state index is 4.41. The van der Waals surface area contributed by atoms with Crippen molar-refractivity contribution in [2.45, 2.75) is 45.8 Å². The number of rotatable bonds is 7. The average molecular weight is 263 g/mol. The molecule has 0 aliphatic carbocycles. The van der Waals surface area contributed by atoms with Crippen LogP contribution in [0.25, 0.3) is 0 Å². The number of nitrogens with one attached hydrogen (secondary N) is 1. The molecule has 0 saturated heterocycles. The molecule has 1 atom stereocenters. The summed E-state index contributed by atoms with van der Waals surface area (Å²) in [4.78, 5) is 4.41. The molecule has 1 N–H and O–H groups in total. The molecule has 2 aromatic rings. The van der Waals surface area contributed by atoms with Gasteiger partial charge in [0.25, 0.3) is 0 Å². The SMILES string of the molecule is CCCn1ccnc1CNC(C)Cc1ccsc1. The van der Waals surface area contributed by atoms with E-state index in [2.05, 4.69) is 51.7 Å². The lowest BCUT2D eigenvalue weighted by atomic mass is 10.1. The van der Waals surface area contributed by atoms with Crippen LogP contribution in [0.5, 0.6) is 0 Å². The Morgan fingerprint density at radius 2 is 2.39 bits per heavy atom. The first-order chi connectivity index (χ1) is 8.79. The predicted octanol–water partition coefficient (Wildman–Crippen LogP) is 3.08. The van der Waals surface area contributed by atoms with Gasteiger partial charge in [-0.1, -0.05) is 6.92 Å².